The molecule has 2 atom stereocenters. The third-order valence-electron chi connectivity index (χ3n) is 5.69. The smallest absolute Gasteiger partial charge is 0.311 e. The van der Waals surface area contributed by atoms with Crippen molar-refractivity contribution in [1.29, 1.82) is 0 Å². The van der Waals surface area contributed by atoms with Gasteiger partial charge in [0.2, 0.25) is 0 Å². The quantitative estimate of drug-likeness (QED) is 0.660. The van der Waals surface area contributed by atoms with Crippen molar-refractivity contribution in [2.24, 2.45) is 11.3 Å². The highest BCUT2D eigenvalue weighted by Gasteiger charge is 2.54. The summed E-state index contributed by atoms with van der Waals surface area (Å²) in [5.74, 6) is -0.380. The van der Waals surface area contributed by atoms with Crippen LogP contribution in [0.2, 0.25) is 0 Å². The van der Waals surface area contributed by atoms with Gasteiger partial charge in [-0.2, -0.15) is 0 Å². The van der Waals surface area contributed by atoms with Crippen LogP contribution in [0.3, 0.4) is 0 Å². The molecule has 1 N–H and O–H groups in total. The number of aliphatic carboxylic acids is 1. The van der Waals surface area contributed by atoms with Crippen LogP contribution >= 0.6 is 0 Å². The van der Waals surface area contributed by atoms with E-state index in [0.29, 0.717) is 13.1 Å². The fourth-order valence-electron chi connectivity index (χ4n) is 4.46. The van der Waals surface area contributed by atoms with Gasteiger partial charge in [-0.25, -0.2) is 0 Å². The van der Waals surface area contributed by atoms with Crippen molar-refractivity contribution in [2.75, 3.05) is 13.1 Å². The van der Waals surface area contributed by atoms with Crippen LogP contribution in [-0.2, 0) is 11.3 Å². The van der Waals surface area contributed by atoms with Crippen molar-refractivity contribution >= 4 is 11.7 Å². The number of hydrogen-bond donors (Lipinski definition) is 1. The number of rotatable bonds is 5. The van der Waals surface area contributed by atoms with Crippen molar-refractivity contribution in [2.45, 2.75) is 45.6 Å². The summed E-state index contributed by atoms with van der Waals surface area (Å²) in [7, 11) is 0. The third kappa shape index (κ3) is 2.79. The largest absolute Gasteiger partial charge is 0.481 e. The molecule has 6 nitrogen and oxygen atoms in total. The Bertz CT molecular complexity index is 673. The molecule has 130 valence electrons. The van der Waals surface area contributed by atoms with Crippen molar-refractivity contribution in [3.05, 3.63) is 39.4 Å². The van der Waals surface area contributed by atoms with Gasteiger partial charge in [-0.05, 0) is 30.2 Å². The van der Waals surface area contributed by atoms with Gasteiger partial charge in [0.05, 0.1) is 10.3 Å². The number of nitrogens with zero attached hydrogens (tertiary/aromatic N) is 2. The normalized spacial score (nSPS) is 26.7. The van der Waals surface area contributed by atoms with E-state index in [4.69, 9.17) is 0 Å². The third-order valence-corrected chi connectivity index (χ3v) is 5.69. The lowest BCUT2D eigenvalue weighted by Crippen LogP contribution is -2.35. The lowest BCUT2D eigenvalue weighted by atomic mass is 9.81. The highest BCUT2D eigenvalue weighted by molar-refractivity contribution is 5.76. The maximum absolute atomic E-state index is 11.8. The second-order valence-electron chi connectivity index (χ2n) is 7.53. The zero-order valence-electron chi connectivity index (χ0n) is 14.2. The van der Waals surface area contributed by atoms with Gasteiger partial charge >= 0.3 is 5.97 Å². The fourth-order valence-corrected chi connectivity index (χ4v) is 4.46. The lowest BCUT2D eigenvalue weighted by molar-refractivity contribution is -0.385. The molecule has 1 saturated heterocycles. The first kappa shape index (κ1) is 16.9. The second kappa shape index (κ2) is 6.16. The summed E-state index contributed by atoms with van der Waals surface area (Å²) >= 11 is 0. The number of nitro benzene ring substituents is 1. The first-order chi connectivity index (χ1) is 11.3. The molecule has 0 bridgehead atoms. The van der Waals surface area contributed by atoms with E-state index in [1.54, 1.807) is 6.07 Å². The predicted molar refractivity (Wildman–Crippen MR) is 89.9 cm³/mol. The van der Waals surface area contributed by atoms with Gasteiger partial charge in [-0.15, -0.1) is 0 Å². The number of likely N-dealkylation sites (tertiary alicyclic amines) is 1. The maximum atomic E-state index is 11.8. The molecule has 0 aromatic heterocycles. The van der Waals surface area contributed by atoms with Gasteiger partial charge in [0.1, 0.15) is 0 Å². The molecule has 0 amide bonds. The highest BCUT2D eigenvalue weighted by Crippen LogP contribution is 2.49. The van der Waals surface area contributed by atoms with Crippen LogP contribution in [0.5, 0.6) is 0 Å². The molecule has 2 aliphatic rings. The minimum atomic E-state index is -0.686. The number of carboxylic acids is 1. The van der Waals surface area contributed by atoms with Crippen LogP contribution in [0.1, 0.15) is 50.2 Å². The van der Waals surface area contributed by atoms with Crippen molar-refractivity contribution in [3.63, 3.8) is 0 Å². The Morgan fingerprint density at radius 2 is 2.25 bits per heavy atom. The molecule has 24 heavy (non-hydrogen) atoms. The van der Waals surface area contributed by atoms with E-state index in [1.165, 1.54) is 0 Å². The number of carboxylic acid groups (broad SMARTS) is 1. The van der Waals surface area contributed by atoms with Crippen LogP contribution in [-0.4, -0.2) is 34.0 Å². The Morgan fingerprint density at radius 3 is 2.83 bits per heavy atom. The Morgan fingerprint density at radius 1 is 1.50 bits per heavy atom. The van der Waals surface area contributed by atoms with E-state index in [2.05, 4.69) is 4.90 Å². The minimum Gasteiger partial charge on any atom is -0.481 e. The second-order valence-corrected chi connectivity index (χ2v) is 7.53. The van der Waals surface area contributed by atoms with Crippen molar-refractivity contribution < 1.29 is 14.8 Å². The van der Waals surface area contributed by atoms with E-state index < -0.39 is 11.4 Å². The summed E-state index contributed by atoms with van der Waals surface area (Å²) in [5.41, 5.74) is 1.18. The Kier molecular flexibility index (Phi) is 4.34. The first-order valence-corrected chi connectivity index (χ1v) is 8.56. The average Bonchev–Trinajstić information content (AvgIpc) is 3.04. The van der Waals surface area contributed by atoms with Crippen LogP contribution < -0.4 is 0 Å². The molecule has 3 rings (SSSR count). The standard InChI is InChI=1S/C18H24N2O4/c1-12(2)15-6-5-13(8-16(15)20(23)24)9-19-10-14-4-3-7-18(14,11-19)17(21)22/h5-6,8,12,14H,3-4,7,9-11H2,1-2H3,(H,21,22)/t14-,18+/m0/s1. The summed E-state index contributed by atoms with van der Waals surface area (Å²) in [4.78, 5) is 24.9. The molecule has 6 heteroatoms. The molecule has 1 aliphatic carbocycles. The molecule has 1 aliphatic heterocycles. The van der Waals surface area contributed by atoms with E-state index in [0.717, 1.165) is 36.9 Å². The van der Waals surface area contributed by atoms with Gasteiger partial charge in [-0.1, -0.05) is 32.4 Å². The average molecular weight is 332 g/mol. The fraction of sp³-hybridized carbons (Fsp3) is 0.611. The molecule has 0 spiro atoms. The Balaban J connectivity index is 1.79. The zero-order valence-corrected chi connectivity index (χ0v) is 14.2. The topological polar surface area (TPSA) is 83.7 Å². The summed E-state index contributed by atoms with van der Waals surface area (Å²) in [6, 6.07) is 5.42. The van der Waals surface area contributed by atoms with E-state index in [-0.39, 0.29) is 22.4 Å². The Labute approximate surface area is 141 Å². The van der Waals surface area contributed by atoms with Gasteiger partial charge in [0.15, 0.2) is 0 Å². The minimum absolute atomic E-state index is 0.0980. The highest BCUT2D eigenvalue weighted by atomic mass is 16.6. The molecule has 1 aromatic rings. The molecule has 1 heterocycles. The molecular formula is C18H24N2O4. The van der Waals surface area contributed by atoms with Crippen LogP contribution in [0, 0.1) is 21.4 Å². The Hall–Kier alpha value is -1.95. The zero-order chi connectivity index (χ0) is 17.5. The van der Waals surface area contributed by atoms with Gasteiger partial charge in [0, 0.05) is 31.3 Å². The molecule has 1 saturated carbocycles. The number of hydrogen-bond acceptors (Lipinski definition) is 4. The number of carbonyl (C=O) groups is 1. The van der Waals surface area contributed by atoms with Crippen molar-refractivity contribution in [3.8, 4) is 0 Å². The van der Waals surface area contributed by atoms with Gasteiger partial charge in [0.25, 0.3) is 5.69 Å². The summed E-state index contributed by atoms with van der Waals surface area (Å²) in [5, 5.41) is 21.0. The van der Waals surface area contributed by atoms with Crippen LogP contribution in [0.4, 0.5) is 5.69 Å². The number of benzene rings is 1. The summed E-state index contributed by atoms with van der Waals surface area (Å²) in [6.07, 6.45) is 2.70. The van der Waals surface area contributed by atoms with E-state index in [9.17, 15) is 20.0 Å². The first-order valence-electron chi connectivity index (χ1n) is 8.56. The van der Waals surface area contributed by atoms with Crippen LogP contribution in [0.15, 0.2) is 18.2 Å². The lowest BCUT2D eigenvalue weighted by Gasteiger charge is -2.23. The van der Waals surface area contributed by atoms with Crippen molar-refractivity contribution in [1.82, 2.24) is 4.90 Å². The van der Waals surface area contributed by atoms with Gasteiger partial charge in [-0.3, -0.25) is 19.8 Å². The van der Waals surface area contributed by atoms with E-state index >= 15 is 0 Å². The molecule has 0 unspecified atom stereocenters. The summed E-state index contributed by atoms with van der Waals surface area (Å²) in [6.45, 7) is 5.78. The SMILES string of the molecule is CC(C)c1ccc(CN2C[C@@H]3CCC[C@@]3(C(=O)O)C2)cc1[N+](=O)[O-]. The summed E-state index contributed by atoms with van der Waals surface area (Å²) < 4.78 is 0. The maximum Gasteiger partial charge on any atom is 0.311 e. The molecule has 0 radical (unpaired) electrons. The predicted octanol–water partition coefficient (Wildman–Crippen LogP) is 3.40. The monoisotopic (exact) mass is 332 g/mol. The molecule has 2 fully saturated rings. The van der Waals surface area contributed by atoms with Crippen LogP contribution in [0.25, 0.3) is 0 Å². The van der Waals surface area contributed by atoms with E-state index in [1.807, 2.05) is 26.0 Å². The molecular weight excluding hydrogens is 308 g/mol. The number of nitro groups is 1. The molecule has 1 aromatic carbocycles. The number of fused-ring (bicyclic) bond motifs is 1. The van der Waals surface area contributed by atoms with Gasteiger partial charge < -0.3 is 5.11 Å².